The maximum atomic E-state index is 12.5. The minimum atomic E-state index is -0.000380. The third kappa shape index (κ3) is 4.69. The summed E-state index contributed by atoms with van der Waals surface area (Å²) in [5.41, 5.74) is 1.83. The van der Waals surface area contributed by atoms with Gasteiger partial charge in [-0.25, -0.2) is 9.97 Å². The summed E-state index contributed by atoms with van der Waals surface area (Å²) >= 11 is 6.20. The van der Waals surface area contributed by atoms with E-state index in [2.05, 4.69) is 20.4 Å². The molecule has 2 aromatic heterocycles. The number of ether oxygens (including phenoxy) is 2. The van der Waals surface area contributed by atoms with Crippen LogP contribution in [0.1, 0.15) is 10.4 Å². The zero-order valence-electron chi connectivity index (χ0n) is 16.4. The number of amides is 1. The van der Waals surface area contributed by atoms with Gasteiger partial charge in [0.05, 0.1) is 24.4 Å². The molecule has 3 aromatic rings. The second kappa shape index (κ2) is 9.10. The van der Waals surface area contributed by atoms with Crippen LogP contribution in [0.25, 0.3) is 11.4 Å². The van der Waals surface area contributed by atoms with Crippen LogP contribution >= 0.6 is 11.6 Å². The van der Waals surface area contributed by atoms with Gasteiger partial charge in [0.15, 0.2) is 6.73 Å². The first-order valence-electron chi connectivity index (χ1n) is 9.46. The monoisotopic (exact) mass is 428 g/mol. The summed E-state index contributed by atoms with van der Waals surface area (Å²) in [6.45, 7) is 2.53. The number of rotatable bonds is 6. The highest BCUT2D eigenvalue weighted by molar-refractivity contribution is 6.32. The van der Waals surface area contributed by atoms with E-state index in [1.165, 1.54) is 6.20 Å². The Morgan fingerprint density at radius 2 is 2.00 bits per heavy atom. The van der Waals surface area contributed by atoms with Gasteiger partial charge in [-0.3, -0.25) is 9.48 Å². The smallest absolute Gasteiger partial charge is 0.254 e. The number of hydrogen-bond donors (Lipinski definition) is 1. The van der Waals surface area contributed by atoms with Crippen LogP contribution in [-0.4, -0.2) is 63.6 Å². The molecule has 1 aliphatic rings. The Balaban J connectivity index is 1.34. The topological polar surface area (TPSA) is 94.4 Å². The van der Waals surface area contributed by atoms with Crippen LogP contribution in [0.15, 0.2) is 42.7 Å². The first-order chi connectivity index (χ1) is 14.6. The van der Waals surface area contributed by atoms with E-state index in [0.717, 1.165) is 0 Å². The van der Waals surface area contributed by atoms with E-state index in [-0.39, 0.29) is 12.6 Å². The van der Waals surface area contributed by atoms with E-state index in [1.807, 2.05) is 19.3 Å². The second-order valence-electron chi connectivity index (χ2n) is 6.66. The molecule has 0 aliphatic carbocycles. The Labute approximate surface area is 178 Å². The van der Waals surface area contributed by atoms with E-state index >= 15 is 0 Å². The maximum absolute atomic E-state index is 12.5. The number of carbonyl (C=O) groups excluding carboxylic acids is 1. The van der Waals surface area contributed by atoms with Gasteiger partial charge in [0, 0.05) is 31.9 Å². The summed E-state index contributed by atoms with van der Waals surface area (Å²) in [7, 11) is 1.82. The van der Waals surface area contributed by atoms with Gasteiger partial charge >= 0.3 is 0 Å². The molecular formula is C20H21ClN6O3. The van der Waals surface area contributed by atoms with Gasteiger partial charge in [-0.05, 0) is 30.3 Å². The van der Waals surface area contributed by atoms with E-state index in [4.69, 9.17) is 21.1 Å². The Kier molecular flexibility index (Phi) is 6.10. The van der Waals surface area contributed by atoms with Crippen LogP contribution in [0.5, 0.6) is 5.75 Å². The molecule has 0 radical (unpaired) electrons. The van der Waals surface area contributed by atoms with Gasteiger partial charge in [0.2, 0.25) is 5.95 Å². The molecule has 1 N–H and O–H groups in total. The van der Waals surface area contributed by atoms with E-state index in [1.54, 1.807) is 33.8 Å². The number of aromatic nitrogens is 4. The molecule has 0 unspecified atom stereocenters. The molecule has 1 aromatic carbocycles. The van der Waals surface area contributed by atoms with Crippen molar-refractivity contribution in [1.82, 2.24) is 24.6 Å². The third-order valence-corrected chi connectivity index (χ3v) is 4.85. The quantitative estimate of drug-likeness (QED) is 0.602. The summed E-state index contributed by atoms with van der Waals surface area (Å²) in [5, 5.41) is 7.73. The van der Waals surface area contributed by atoms with Crippen LogP contribution < -0.4 is 10.1 Å². The van der Waals surface area contributed by atoms with Crippen LogP contribution in [0.2, 0.25) is 5.02 Å². The highest BCUT2D eigenvalue weighted by Gasteiger charge is 2.18. The Hall–Kier alpha value is -3.17. The minimum Gasteiger partial charge on any atom is -0.473 e. The summed E-state index contributed by atoms with van der Waals surface area (Å²) in [4.78, 5) is 22.8. The van der Waals surface area contributed by atoms with Gasteiger partial charge in [-0.2, -0.15) is 5.10 Å². The number of nitrogens with zero attached hydrogens (tertiary/aromatic N) is 5. The summed E-state index contributed by atoms with van der Waals surface area (Å²) in [5.74, 6) is 0.999. The molecule has 0 spiro atoms. The number of hydrogen-bond acceptors (Lipinski definition) is 7. The van der Waals surface area contributed by atoms with Crippen LogP contribution in [0.3, 0.4) is 0 Å². The van der Waals surface area contributed by atoms with Crippen molar-refractivity contribution in [2.45, 2.75) is 0 Å². The van der Waals surface area contributed by atoms with Crippen molar-refractivity contribution in [3.8, 4) is 17.1 Å². The zero-order valence-corrected chi connectivity index (χ0v) is 17.2. The molecule has 9 nitrogen and oxygen atoms in total. The Bertz CT molecular complexity index is 1020. The predicted molar refractivity (Wildman–Crippen MR) is 112 cm³/mol. The summed E-state index contributed by atoms with van der Waals surface area (Å²) < 4.78 is 12.6. The fourth-order valence-electron chi connectivity index (χ4n) is 3.00. The molecule has 30 heavy (non-hydrogen) atoms. The summed E-state index contributed by atoms with van der Waals surface area (Å²) in [6, 6.07) is 8.86. The van der Waals surface area contributed by atoms with Crippen molar-refractivity contribution in [2.75, 3.05) is 38.4 Å². The third-order valence-electron chi connectivity index (χ3n) is 4.57. The first-order valence-corrected chi connectivity index (χ1v) is 9.84. The maximum Gasteiger partial charge on any atom is 0.254 e. The molecule has 1 fully saturated rings. The lowest BCUT2D eigenvalue weighted by atomic mass is 10.2. The molecule has 4 rings (SSSR count). The molecule has 0 atom stereocenters. The first kappa shape index (κ1) is 20.1. The van der Waals surface area contributed by atoms with Crippen molar-refractivity contribution in [3.63, 3.8) is 0 Å². The summed E-state index contributed by atoms with van der Waals surface area (Å²) in [6.07, 6.45) is 3.34. The molecule has 0 saturated carbocycles. The van der Waals surface area contributed by atoms with Gasteiger partial charge in [-0.15, -0.1) is 0 Å². The average Bonchev–Trinajstić information content (AvgIpc) is 3.21. The van der Waals surface area contributed by atoms with Crippen molar-refractivity contribution < 1.29 is 14.3 Å². The van der Waals surface area contributed by atoms with Crippen molar-refractivity contribution in [1.29, 1.82) is 0 Å². The largest absolute Gasteiger partial charge is 0.473 e. The van der Waals surface area contributed by atoms with Crippen molar-refractivity contribution >= 4 is 23.5 Å². The van der Waals surface area contributed by atoms with Crippen LogP contribution in [0, 0.1) is 0 Å². The molecule has 1 aliphatic heterocycles. The lowest BCUT2D eigenvalue weighted by molar-refractivity contribution is 0.0303. The zero-order chi connectivity index (χ0) is 20.9. The molecule has 1 amide bonds. The Morgan fingerprint density at radius 1 is 1.23 bits per heavy atom. The second-order valence-corrected chi connectivity index (χ2v) is 7.07. The number of halogens is 1. The minimum absolute atomic E-state index is 0.000380. The van der Waals surface area contributed by atoms with E-state index in [9.17, 15) is 4.79 Å². The van der Waals surface area contributed by atoms with Gasteiger partial charge in [-0.1, -0.05) is 11.6 Å². The SMILES string of the molecule is Cn1ccc(-c2nc(NCOc3ccc(C(=O)N4CCOCC4)cc3)ncc2Cl)n1. The van der Waals surface area contributed by atoms with Gasteiger partial charge < -0.3 is 19.7 Å². The fraction of sp³-hybridized carbons (Fsp3) is 0.300. The average molecular weight is 429 g/mol. The lowest BCUT2D eigenvalue weighted by Crippen LogP contribution is -2.40. The molecule has 10 heteroatoms. The van der Waals surface area contributed by atoms with Crippen molar-refractivity contribution in [3.05, 3.63) is 53.3 Å². The molecule has 156 valence electrons. The number of nitrogens with one attached hydrogen (secondary N) is 1. The normalized spacial score (nSPS) is 13.9. The van der Waals surface area contributed by atoms with E-state index in [0.29, 0.717) is 60.0 Å². The number of aryl methyl sites for hydroxylation is 1. The molecule has 3 heterocycles. The van der Waals surface area contributed by atoms with Gasteiger partial charge in [0.25, 0.3) is 5.91 Å². The number of anilines is 1. The number of benzene rings is 1. The lowest BCUT2D eigenvalue weighted by Gasteiger charge is -2.26. The molecule has 0 bridgehead atoms. The predicted octanol–water partition coefficient (Wildman–Crippen LogP) is 2.45. The Morgan fingerprint density at radius 3 is 2.70 bits per heavy atom. The van der Waals surface area contributed by atoms with Crippen LogP contribution in [0.4, 0.5) is 5.95 Å². The van der Waals surface area contributed by atoms with Gasteiger partial charge in [0.1, 0.15) is 17.1 Å². The standard InChI is InChI=1S/C20H21ClN6O3/c1-26-7-6-17(25-26)18-16(21)12-22-20(24-18)23-13-30-15-4-2-14(3-5-15)19(28)27-8-10-29-11-9-27/h2-7,12H,8-11,13H2,1H3,(H,22,23,24). The van der Waals surface area contributed by atoms with Crippen LogP contribution in [-0.2, 0) is 11.8 Å². The van der Waals surface area contributed by atoms with E-state index < -0.39 is 0 Å². The number of carbonyl (C=O) groups is 1. The van der Waals surface area contributed by atoms with Crippen molar-refractivity contribution in [2.24, 2.45) is 7.05 Å². The fourth-order valence-corrected chi connectivity index (χ4v) is 3.19. The highest BCUT2D eigenvalue weighted by Crippen LogP contribution is 2.24. The molecule has 1 saturated heterocycles. The number of morpholine rings is 1. The highest BCUT2D eigenvalue weighted by atomic mass is 35.5. The molecular weight excluding hydrogens is 408 g/mol.